The van der Waals surface area contributed by atoms with Gasteiger partial charge < -0.3 is 9.30 Å². The molecule has 1 aromatic carbocycles. The normalized spacial score (nSPS) is 10.2. The van der Waals surface area contributed by atoms with Crippen LogP contribution in [0, 0.1) is 24.2 Å². The first-order valence-corrected chi connectivity index (χ1v) is 8.42. The van der Waals surface area contributed by atoms with Crippen LogP contribution in [0.1, 0.15) is 11.4 Å². The van der Waals surface area contributed by atoms with Crippen molar-refractivity contribution in [3.8, 4) is 29.9 Å². The number of rotatable bonds is 4. The summed E-state index contributed by atoms with van der Waals surface area (Å²) in [7, 11) is 3.26. The lowest BCUT2D eigenvalue weighted by molar-refractivity contribution is 0.414. The topological polar surface area (TPSA) is 71.1 Å². The molecule has 0 spiro atoms. The molecule has 0 N–H and O–H groups in total. The Bertz CT molecular complexity index is 1290. The zero-order chi connectivity index (χ0) is 20.3. The molecule has 0 bridgehead atoms. The smallest absolute Gasteiger partial charge is 0.333 e. The predicted octanol–water partition coefficient (Wildman–Crippen LogP) is 1.12. The number of aryl methyl sites for hydroxylation is 1. The molecule has 7 nitrogen and oxygen atoms in total. The third kappa shape index (κ3) is 3.22. The number of allylic oxidation sites excluding steroid dienone is 1. The second-order valence-corrected chi connectivity index (χ2v) is 5.93. The highest BCUT2D eigenvalue weighted by molar-refractivity contribution is 5.72. The maximum atomic E-state index is 12.8. The molecule has 0 fully saturated rings. The van der Waals surface area contributed by atoms with E-state index in [1.54, 1.807) is 30.9 Å². The van der Waals surface area contributed by atoms with E-state index >= 15 is 0 Å². The Morgan fingerprint density at radius 3 is 2.75 bits per heavy atom. The third-order valence-electron chi connectivity index (χ3n) is 4.19. The summed E-state index contributed by atoms with van der Waals surface area (Å²) in [6.45, 7) is 3.73. The Hall–Kier alpha value is -3.97. The number of ether oxygens (including phenoxy) is 1. The number of imidazole rings is 1. The second-order valence-electron chi connectivity index (χ2n) is 5.93. The van der Waals surface area contributed by atoms with Gasteiger partial charge in [0.1, 0.15) is 5.75 Å². The fourth-order valence-corrected chi connectivity index (χ4v) is 2.83. The SMILES string of the molecule is C#CCn1c(=O)c2c(nc(C#Cc3cccc(OC)c3)n2C)n(CC=C)c1=O. The first-order valence-electron chi connectivity index (χ1n) is 8.42. The van der Waals surface area contributed by atoms with Crippen molar-refractivity contribution < 1.29 is 4.74 Å². The molecule has 0 aliphatic heterocycles. The molecule has 0 unspecified atom stereocenters. The summed E-state index contributed by atoms with van der Waals surface area (Å²) >= 11 is 0. The van der Waals surface area contributed by atoms with Gasteiger partial charge in [0.2, 0.25) is 0 Å². The van der Waals surface area contributed by atoms with E-state index in [9.17, 15) is 9.59 Å². The van der Waals surface area contributed by atoms with Gasteiger partial charge in [-0.15, -0.1) is 13.0 Å². The van der Waals surface area contributed by atoms with Crippen LogP contribution in [-0.4, -0.2) is 25.8 Å². The van der Waals surface area contributed by atoms with Crippen molar-refractivity contribution in [2.45, 2.75) is 13.1 Å². The number of nitrogens with zero attached hydrogens (tertiary/aromatic N) is 4. The summed E-state index contributed by atoms with van der Waals surface area (Å²) in [4.78, 5) is 29.8. The number of terminal acetylenes is 1. The molecular weight excluding hydrogens is 356 g/mol. The van der Waals surface area contributed by atoms with E-state index in [1.165, 1.54) is 4.57 Å². The Balaban J connectivity index is 2.25. The van der Waals surface area contributed by atoms with Gasteiger partial charge in [-0.3, -0.25) is 9.36 Å². The van der Waals surface area contributed by atoms with Crippen LogP contribution in [0.2, 0.25) is 0 Å². The van der Waals surface area contributed by atoms with Crippen LogP contribution in [0.25, 0.3) is 11.2 Å². The highest BCUT2D eigenvalue weighted by Crippen LogP contribution is 2.13. The van der Waals surface area contributed by atoms with Gasteiger partial charge in [0.15, 0.2) is 17.0 Å². The van der Waals surface area contributed by atoms with Crippen molar-refractivity contribution in [1.82, 2.24) is 18.7 Å². The van der Waals surface area contributed by atoms with Gasteiger partial charge in [-0.05, 0) is 24.1 Å². The summed E-state index contributed by atoms with van der Waals surface area (Å²) in [5, 5.41) is 0. The van der Waals surface area contributed by atoms with Gasteiger partial charge in [0.25, 0.3) is 5.56 Å². The lowest BCUT2D eigenvalue weighted by atomic mass is 10.2. The number of hydrogen-bond donors (Lipinski definition) is 0. The average molecular weight is 374 g/mol. The highest BCUT2D eigenvalue weighted by Gasteiger charge is 2.18. The number of aromatic nitrogens is 4. The minimum Gasteiger partial charge on any atom is -0.497 e. The van der Waals surface area contributed by atoms with Gasteiger partial charge >= 0.3 is 5.69 Å². The van der Waals surface area contributed by atoms with Crippen molar-refractivity contribution >= 4 is 11.2 Å². The highest BCUT2D eigenvalue weighted by atomic mass is 16.5. The first kappa shape index (κ1) is 18.8. The Morgan fingerprint density at radius 2 is 2.07 bits per heavy atom. The number of benzene rings is 1. The molecule has 140 valence electrons. The van der Waals surface area contributed by atoms with E-state index in [0.717, 1.165) is 10.1 Å². The predicted molar refractivity (Wildman–Crippen MR) is 107 cm³/mol. The Labute approximate surface area is 161 Å². The number of fused-ring (bicyclic) bond motifs is 1. The Kier molecular flexibility index (Phi) is 5.19. The number of hydrogen-bond acceptors (Lipinski definition) is 4. The standard InChI is InChI=1S/C21H18N4O3/c1-5-12-24-19-18(20(26)25(13-6-2)21(24)27)23(3)17(22-19)11-10-15-8-7-9-16(14-15)28-4/h2,5,7-9,14H,1,12-13H2,3-4H3. The fraction of sp³-hybridized carbons (Fsp3) is 0.190. The molecule has 0 atom stereocenters. The van der Waals surface area contributed by atoms with Crippen LogP contribution >= 0.6 is 0 Å². The molecule has 0 amide bonds. The zero-order valence-electron chi connectivity index (χ0n) is 15.6. The van der Waals surface area contributed by atoms with Gasteiger partial charge in [0.05, 0.1) is 13.7 Å². The summed E-state index contributed by atoms with van der Waals surface area (Å²) in [6.07, 6.45) is 6.87. The lowest BCUT2D eigenvalue weighted by Gasteiger charge is -2.08. The number of methoxy groups -OCH3 is 1. The molecule has 2 aromatic heterocycles. The summed E-state index contributed by atoms with van der Waals surface area (Å²) in [5.74, 6) is 9.33. The molecule has 7 heteroatoms. The fourth-order valence-electron chi connectivity index (χ4n) is 2.83. The minimum atomic E-state index is -0.527. The molecule has 0 radical (unpaired) electrons. The van der Waals surface area contributed by atoms with E-state index < -0.39 is 11.2 Å². The second kappa shape index (κ2) is 7.73. The largest absolute Gasteiger partial charge is 0.497 e. The van der Waals surface area contributed by atoms with Crippen LogP contribution in [0.5, 0.6) is 5.75 Å². The molecule has 0 saturated heterocycles. The maximum absolute atomic E-state index is 12.8. The van der Waals surface area contributed by atoms with Crippen LogP contribution < -0.4 is 16.0 Å². The van der Waals surface area contributed by atoms with Gasteiger partial charge in [0, 0.05) is 19.2 Å². The quantitative estimate of drug-likeness (QED) is 0.507. The summed E-state index contributed by atoms with van der Waals surface area (Å²) in [6, 6.07) is 7.29. The molecule has 28 heavy (non-hydrogen) atoms. The molecule has 0 aliphatic rings. The van der Waals surface area contributed by atoms with Crippen molar-refractivity contribution in [2.24, 2.45) is 7.05 Å². The molecule has 2 heterocycles. The van der Waals surface area contributed by atoms with Crippen molar-refractivity contribution in [2.75, 3.05) is 7.11 Å². The minimum absolute atomic E-state index is 0.124. The van der Waals surface area contributed by atoms with Crippen LogP contribution in [0.3, 0.4) is 0 Å². The zero-order valence-corrected chi connectivity index (χ0v) is 15.6. The summed E-state index contributed by atoms with van der Waals surface area (Å²) < 4.78 is 9.12. The van der Waals surface area contributed by atoms with Gasteiger partial charge in [-0.1, -0.05) is 24.0 Å². The van der Waals surface area contributed by atoms with Crippen molar-refractivity contribution in [3.05, 3.63) is 69.1 Å². The molecule has 0 aliphatic carbocycles. The van der Waals surface area contributed by atoms with E-state index in [4.69, 9.17) is 11.2 Å². The average Bonchev–Trinajstić information content (AvgIpc) is 3.03. The summed E-state index contributed by atoms with van der Waals surface area (Å²) in [5.41, 5.74) is 0.218. The van der Waals surface area contributed by atoms with E-state index in [-0.39, 0.29) is 24.3 Å². The monoisotopic (exact) mass is 374 g/mol. The molecule has 3 aromatic rings. The van der Waals surface area contributed by atoms with Crippen LogP contribution in [0.4, 0.5) is 0 Å². The van der Waals surface area contributed by atoms with Gasteiger partial charge in [-0.2, -0.15) is 0 Å². The van der Waals surface area contributed by atoms with Crippen molar-refractivity contribution in [3.63, 3.8) is 0 Å². The van der Waals surface area contributed by atoms with E-state index in [1.807, 2.05) is 18.2 Å². The Morgan fingerprint density at radius 1 is 1.29 bits per heavy atom. The lowest BCUT2D eigenvalue weighted by Crippen LogP contribution is -2.40. The third-order valence-corrected chi connectivity index (χ3v) is 4.19. The molecule has 3 rings (SSSR count). The van der Waals surface area contributed by atoms with E-state index in [0.29, 0.717) is 11.6 Å². The van der Waals surface area contributed by atoms with Gasteiger partial charge in [-0.25, -0.2) is 14.3 Å². The van der Waals surface area contributed by atoms with E-state index in [2.05, 4.69) is 29.3 Å². The van der Waals surface area contributed by atoms with Crippen molar-refractivity contribution in [1.29, 1.82) is 0 Å². The van der Waals surface area contributed by atoms with Crippen LogP contribution in [0.15, 0.2) is 46.5 Å². The first-order chi connectivity index (χ1) is 13.5. The van der Waals surface area contributed by atoms with Crippen LogP contribution in [-0.2, 0) is 20.1 Å². The molecular formula is C21H18N4O3. The molecule has 0 saturated carbocycles. The maximum Gasteiger partial charge on any atom is 0.333 e.